The molecule has 0 radical (unpaired) electrons. The number of hydrogen-bond donors (Lipinski definition) is 9. The second-order valence-electron chi connectivity index (χ2n) is 15.1. The molecule has 0 aromatic carbocycles. The Morgan fingerprint density at radius 2 is 1.33 bits per heavy atom. The summed E-state index contributed by atoms with van der Waals surface area (Å²) in [6, 6.07) is 0. The first-order valence-corrected chi connectivity index (χ1v) is 16.4. The van der Waals surface area contributed by atoms with E-state index in [2.05, 4.69) is 26.8 Å². The zero-order valence-corrected chi connectivity index (χ0v) is 26.7. The van der Waals surface area contributed by atoms with Crippen LogP contribution >= 0.6 is 0 Å². The summed E-state index contributed by atoms with van der Waals surface area (Å²) in [5.74, 6) is 0.544. The van der Waals surface area contributed by atoms with E-state index < -0.39 is 86.1 Å². The minimum atomic E-state index is -1.57. The number of ether oxygens (including phenoxy) is 4. The van der Waals surface area contributed by atoms with E-state index in [1.807, 2.05) is 6.92 Å². The Balaban J connectivity index is 1.30. The van der Waals surface area contributed by atoms with Gasteiger partial charge in [-0.05, 0) is 61.2 Å². The lowest BCUT2D eigenvalue weighted by Gasteiger charge is -2.62. The lowest BCUT2D eigenvalue weighted by atomic mass is 9.45. The van der Waals surface area contributed by atoms with Crippen LogP contribution in [0.4, 0.5) is 0 Å². The minimum absolute atomic E-state index is 0.0585. The molecule has 5 aliphatic rings. The van der Waals surface area contributed by atoms with Gasteiger partial charge in [0.2, 0.25) is 0 Å². The van der Waals surface area contributed by atoms with Gasteiger partial charge in [0, 0.05) is 5.41 Å². The summed E-state index contributed by atoms with van der Waals surface area (Å²) in [5, 5.41) is 91.6. The van der Waals surface area contributed by atoms with E-state index in [-0.39, 0.29) is 35.4 Å². The maximum Gasteiger partial charge on any atom is 0.187 e. The molecule has 16 atom stereocenters. The van der Waals surface area contributed by atoms with Crippen LogP contribution in [0.15, 0.2) is 11.6 Å². The molecule has 0 spiro atoms. The lowest BCUT2D eigenvalue weighted by Crippen LogP contribution is -2.62. The summed E-state index contributed by atoms with van der Waals surface area (Å²) in [6.07, 6.45) is -7.72. The fourth-order valence-corrected chi connectivity index (χ4v) is 9.32. The molecule has 260 valence electrons. The SMILES string of the molecule is CC1(C(CO)OC2OC(CO)C(O)C(O)C2O)C=C2CCC3C(C)(C)C(OC4OC(CO)C(O)C(O)C4O)CCC3(C)C2CC1. The van der Waals surface area contributed by atoms with Gasteiger partial charge in [0.1, 0.15) is 48.8 Å². The lowest BCUT2D eigenvalue weighted by molar-refractivity contribution is -0.327. The number of hydrogen-bond acceptors (Lipinski definition) is 13. The first-order valence-electron chi connectivity index (χ1n) is 16.4. The molecule has 0 amide bonds. The highest BCUT2D eigenvalue weighted by Gasteiger charge is 2.59. The van der Waals surface area contributed by atoms with Crippen LogP contribution in [0.2, 0.25) is 0 Å². The number of aliphatic hydroxyl groups excluding tert-OH is 9. The minimum Gasteiger partial charge on any atom is -0.394 e. The van der Waals surface area contributed by atoms with Gasteiger partial charge >= 0.3 is 0 Å². The summed E-state index contributed by atoms with van der Waals surface area (Å²) in [6.45, 7) is 7.23. The first kappa shape index (κ1) is 35.5. The molecule has 45 heavy (non-hydrogen) atoms. The molecule has 9 N–H and O–H groups in total. The Morgan fingerprint density at radius 3 is 1.91 bits per heavy atom. The van der Waals surface area contributed by atoms with Crippen LogP contribution in [0.5, 0.6) is 0 Å². The van der Waals surface area contributed by atoms with Crippen molar-refractivity contribution in [2.24, 2.45) is 28.1 Å². The zero-order chi connectivity index (χ0) is 33.1. The largest absolute Gasteiger partial charge is 0.394 e. The summed E-state index contributed by atoms with van der Waals surface area (Å²) in [4.78, 5) is 0. The van der Waals surface area contributed by atoms with Crippen molar-refractivity contribution in [3.8, 4) is 0 Å². The molecule has 5 rings (SSSR count). The maximum absolute atomic E-state index is 10.6. The second-order valence-corrected chi connectivity index (χ2v) is 15.1. The summed E-state index contributed by atoms with van der Waals surface area (Å²) < 4.78 is 23.7. The molecule has 3 aliphatic carbocycles. The van der Waals surface area contributed by atoms with Crippen LogP contribution in [0.1, 0.15) is 66.2 Å². The Bertz CT molecular complexity index is 1050. The molecule has 0 aromatic heterocycles. The van der Waals surface area contributed by atoms with Crippen molar-refractivity contribution in [1.29, 1.82) is 0 Å². The smallest absolute Gasteiger partial charge is 0.187 e. The van der Waals surface area contributed by atoms with E-state index in [0.717, 1.165) is 25.7 Å². The van der Waals surface area contributed by atoms with Crippen LogP contribution in [-0.4, -0.2) is 139 Å². The molecular weight excluding hydrogens is 592 g/mol. The van der Waals surface area contributed by atoms with Crippen molar-refractivity contribution in [1.82, 2.24) is 0 Å². The third-order valence-corrected chi connectivity index (χ3v) is 12.1. The van der Waals surface area contributed by atoms with Gasteiger partial charge in [-0.2, -0.15) is 0 Å². The van der Waals surface area contributed by atoms with Crippen LogP contribution < -0.4 is 0 Å². The van der Waals surface area contributed by atoms with Gasteiger partial charge in [-0.25, -0.2) is 0 Å². The molecule has 0 aromatic rings. The molecule has 13 heteroatoms. The zero-order valence-electron chi connectivity index (χ0n) is 26.7. The first-order chi connectivity index (χ1) is 21.1. The molecule has 0 bridgehead atoms. The number of allylic oxidation sites excluding steroid dienone is 1. The van der Waals surface area contributed by atoms with Crippen molar-refractivity contribution in [2.75, 3.05) is 19.8 Å². The second kappa shape index (κ2) is 13.3. The number of aliphatic hydroxyl groups is 9. The third kappa shape index (κ3) is 6.16. The highest BCUT2D eigenvalue weighted by atomic mass is 16.7. The Morgan fingerprint density at radius 1 is 0.756 bits per heavy atom. The van der Waals surface area contributed by atoms with Crippen LogP contribution in [0.3, 0.4) is 0 Å². The van der Waals surface area contributed by atoms with E-state index in [0.29, 0.717) is 12.8 Å². The molecule has 2 saturated carbocycles. The molecule has 4 fully saturated rings. The van der Waals surface area contributed by atoms with Crippen molar-refractivity contribution < 1.29 is 64.9 Å². The van der Waals surface area contributed by atoms with Gasteiger partial charge in [0.25, 0.3) is 0 Å². The molecule has 2 aliphatic heterocycles. The summed E-state index contributed by atoms with van der Waals surface area (Å²) in [5.41, 5.74) is 0.318. The summed E-state index contributed by atoms with van der Waals surface area (Å²) >= 11 is 0. The van der Waals surface area contributed by atoms with E-state index in [9.17, 15) is 46.0 Å². The Labute approximate surface area is 264 Å². The third-order valence-electron chi connectivity index (χ3n) is 12.1. The van der Waals surface area contributed by atoms with Crippen LogP contribution in [0, 0.1) is 28.1 Å². The van der Waals surface area contributed by atoms with E-state index in [1.165, 1.54) is 5.57 Å². The Hall–Kier alpha value is -0.780. The molecular formula is C32H54O13. The molecule has 2 heterocycles. The quantitative estimate of drug-likeness (QED) is 0.113. The van der Waals surface area contributed by atoms with Crippen LogP contribution in [-0.2, 0) is 18.9 Å². The highest BCUT2D eigenvalue weighted by molar-refractivity contribution is 5.25. The normalized spacial score (nSPS) is 50.7. The average molecular weight is 647 g/mol. The van der Waals surface area contributed by atoms with Crippen LogP contribution in [0.25, 0.3) is 0 Å². The van der Waals surface area contributed by atoms with Gasteiger partial charge in [-0.1, -0.05) is 39.3 Å². The predicted molar refractivity (Wildman–Crippen MR) is 157 cm³/mol. The topological polar surface area (TPSA) is 219 Å². The van der Waals surface area contributed by atoms with Crippen molar-refractivity contribution in [2.45, 2.75) is 140 Å². The van der Waals surface area contributed by atoms with Gasteiger partial charge < -0.3 is 64.9 Å². The number of rotatable bonds is 8. The van der Waals surface area contributed by atoms with E-state index in [4.69, 9.17) is 18.9 Å². The van der Waals surface area contributed by atoms with Gasteiger partial charge in [0.05, 0.1) is 32.0 Å². The van der Waals surface area contributed by atoms with Crippen molar-refractivity contribution >= 4 is 0 Å². The molecule has 2 saturated heterocycles. The van der Waals surface area contributed by atoms with E-state index >= 15 is 0 Å². The van der Waals surface area contributed by atoms with Crippen molar-refractivity contribution in [3.05, 3.63) is 11.6 Å². The standard InChI is InChI=1S/C32H54O13/c1-30(2)19-6-5-15-11-31(3,21(14-35)45-29-27(41)25(39)23(37)18(13-34)43-29)9-7-16(15)32(19,4)10-8-20(30)44-28-26(40)24(38)22(36)17(12-33)42-28/h11,16-29,33-41H,5-10,12-14H2,1-4H3. The average Bonchev–Trinajstić information content (AvgIpc) is 3.00. The molecule has 13 nitrogen and oxygen atoms in total. The highest BCUT2D eigenvalue weighted by Crippen LogP contribution is 2.64. The van der Waals surface area contributed by atoms with Gasteiger partial charge in [-0.15, -0.1) is 0 Å². The fourth-order valence-electron chi connectivity index (χ4n) is 9.32. The predicted octanol–water partition coefficient (Wildman–Crippen LogP) is -1.07. The van der Waals surface area contributed by atoms with E-state index in [1.54, 1.807) is 0 Å². The van der Waals surface area contributed by atoms with Gasteiger partial charge in [-0.3, -0.25) is 0 Å². The van der Waals surface area contributed by atoms with Gasteiger partial charge in [0.15, 0.2) is 12.6 Å². The summed E-state index contributed by atoms with van der Waals surface area (Å²) in [7, 11) is 0. The van der Waals surface area contributed by atoms with Crippen molar-refractivity contribution in [3.63, 3.8) is 0 Å². The monoisotopic (exact) mass is 646 g/mol. The Kier molecular flexibility index (Phi) is 10.5. The maximum atomic E-state index is 10.6. The fraction of sp³-hybridized carbons (Fsp3) is 0.938. The molecule has 16 unspecified atom stereocenters. The number of fused-ring (bicyclic) bond motifs is 3.